The second-order valence-corrected chi connectivity index (χ2v) is 7.79. The molecular weight excluding hydrogens is 342 g/mol. The van der Waals surface area contributed by atoms with Crippen LogP contribution in [-0.2, 0) is 19.1 Å². The smallest absolute Gasteiger partial charge is 0.306 e. The Morgan fingerprint density at radius 2 is 1.26 bits per heavy atom. The van der Waals surface area contributed by atoms with E-state index < -0.39 is 12.0 Å². The molecular formula is C22H39NO4. The van der Waals surface area contributed by atoms with Crippen LogP contribution in [0, 0.1) is 0 Å². The van der Waals surface area contributed by atoms with E-state index >= 15 is 0 Å². The molecule has 1 heterocycles. The Morgan fingerprint density at radius 1 is 0.815 bits per heavy atom. The second-order valence-electron chi connectivity index (χ2n) is 7.79. The Morgan fingerprint density at radius 3 is 1.67 bits per heavy atom. The van der Waals surface area contributed by atoms with Gasteiger partial charge in [0.2, 0.25) is 5.91 Å². The average Bonchev–Trinajstić information content (AvgIpc) is 2.95. The third-order valence-electron chi connectivity index (χ3n) is 5.18. The van der Waals surface area contributed by atoms with Gasteiger partial charge >= 0.3 is 5.97 Å². The van der Waals surface area contributed by atoms with Crippen LogP contribution < -0.4 is 5.32 Å². The number of esters is 1. The first-order valence-electron chi connectivity index (χ1n) is 11.2. The zero-order valence-corrected chi connectivity index (χ0v) is 17.2. The maximum absolute atomic E-state index is 11.7. The summed E-state index contributed by atoms with van der Waals surface area (Å²) in [6.45, 7) is 2.26. The summed E-state index contributed by atoms with van der Waals surface area (Å²) >= 11 is 0. The molecule has 0 radical (unpaired) electrons. The molecule has 0 aromatic rings. The van der Waals surface area contributed by atoms with Crippen molar-refractivity contribution >= 4 is 17.8 Å². The molecule has 1 unspecified atom stereocenters. The van der Waals surface area contributed by atoms with Gasteiger partial charge in [-0.2, -0.15) is 0 Å². The van der Waals surface area contributed by atoms with Crippen LogP contribution in [-0.4, -0.2) is 23.9 Å². The van der Waals surface area contributed by atoms with Crippen LogP contribution in [0.4, 0.5) is 0 Å². The molecule has 1 aliphatic heterocycles. The number of unbranched alkanes of at least 4 members (excludes halogenated alkanes) is 14. The van der Waals surface area contributed by atoms with Gasteiger partial charge in [-0.05, 0) is 6.42 Å². The topological polar surface area (TPSA) is 72.5 Å². The fraction of sp³-hybridized carbons (Fsp3) is 0.864. The summed E-state index contributed by atoms with van der Waals surface area (Å²) in [5, 5.41) is 2.14. The molecule has 27 heavy (non-hydrogen) atoms. The number of hydrogen-bond donors (Lipinski definition) is 1. The zero-order valence-electron chi connectivity index (χ0n) is 17.2. The molecule has 1 rings (SSSR count). The molecule has 1 aliphatic rings. The predicted molar refractivity (Wildman–Crippen MR) is 107 cm³/mol. The SMILES string of the molecule is CCCCCCCCCCCCCCCCCC(=O)OC1CC(=O)NC1=O. The molecule has 0 bridgehead atoms. The monoisotopic (exact) mass is 381 g/mol. The largest absolute Gasteiger partial charge is 0.452 e. The lowest BCUT2D eigenvalue weighted by Crippen LogP contribution is -2.28. The standard InChI is InChI=1S/C22H39NO4/c1-2-3-4-5-6-7-8-9-10-11-12-13-14-15-16-17-21(25)27-19-18-20(24)23-22(19)26/h19H,2-18H2,1H3,(H,23,24,26). The Balaban J connectivity index is 1.79. The molecule has 1 saturated heterocycles. The Kier molecular flexibility index (Phi) is 13.7. The molecule has 5 nitrogen and oxygen atoms in total. The summed E-state index contributed by atoms with van der Waals surface area (Å²) in [7, 11) is 0. The highest BCUT2D eigenvalue weighted by molar-refractivity contribution is 6.05. The molecule has 1 atom stereocenters. The van der Waals surface area contributed by atoms with E-state index in [1.807, 2.05) is 0 Å². The van der Waals surface area contributed by atoms with Gasteiger partial charge in [-0.1, -0.05) is 96.8 Å². The molecule has 5 heteroatoms. The number of ether oxygens (including phenoxy) is 1. The average molecular weight is 382 g/mol. The highest BCUT2D eigenvalue weighted by Gasteiger charge is 2.33. The fourth-order valence-corrected chi connectivity index (χ4v) is 3.48. The lowest BCUT2D eigenvalue weighted by molar-refractivity contribution is -0.154. The van der Waals surface area contributed by atoms with Gasteiger partial charge in [-0.25, -0.2) is 0 Å². The van der Waals surface area contributed by atoms with Gasteiger partial charge in [0.25, 0.3) is 5.91 Å². The van der Waals surface area contributed by atoms with Crippen LogP contribution in [0.3, 0.4) is 0 Å². The van der Waals surface area contributed by atoms with E-state index in [1.165, 1.54) is 77.0 Å². The predicted octanol–water partition coefficient (Wildman–Crippen LogP) is 5.21. The van der Waals surface area contributed by atoms with Gasteiger partial charge in [0.1, 0.15) is 0 Å². The maximum Gasteiger partial charge on any atom is 0.306 e. The van der Waals surface area contributed by atoms with Crippen molar-refractivity contribution in [3.63, 3.8) is 0 Å². The van der Waals surface area contributed by atoms with E-state index in [-0.39, 0.29) is 18.3 Å². The minimum absolute atomic E-state index is 0.0383. The first kappa shape index (κ1) is 23.6. The molecule has 2 amide bonds. The summed E-state index contributed by atoms with van der Waals surface area (Å²) in [6, 6.07) is 0. The van der Waals surface area contributed by atoms with Crippen LogP contribution in [0.5, 0.6) is 0 Å². The Hall–Kier alpha value is -1.39. The van der Waals surface area contributed by atoms with Crippen LogP contribution in [0.2, 0.25) is 0 Å². The number of amides is 2. The van der Waals surface area contributed by atoms with Crippen molar-refractivity contribution in [2.24, 2.45) is 0 Å². The molecule has 0 aromatic carbocycles. The van der Waals surface area contributed by atoms with Crippen molar-refractivity contribution in [1.82, 2.24) is 5.32 Å². The van der Waals surface area contributed by atoms with Crippen molar-refractivity contribution in [2.45, 2.75) is 122 Å². The van der Waals surface area contributed by atoms with E-state index in [0.717, 1.165) is 19.3 Å². The quantitative estimate of drug-likeness (QED) is 0.213. The molecule has 0 aliphatic carbocycles. The van der Waals surface area contributed by atoms with Crippen LogP contribution in [0.1, 0.15) is 116 Å². The summed E-state index contributed by atoms with van der Waals surface area (Å²) in [6.07, 6.45) is 18.6. The van der Waals surface area contributed by atoms with Crippen molar-refractivity contribution in [3.05, 3.63) is 0 Å². The van der Waals surface area contributed by atoms with E-state index in [2.05, 4.69) is 12.2 Å². The summed E-state index contributed by atoms with van der Waals surface area (Å²) < 4.78 is 5.04. The summed E-state index contributed by atoms with van der Waals surface area (Å²) in [4.78, 5) is 34.0. The van der Waals surface area contributed by atoms with Gasteiger partial charge < -0.3 is 4.74 Å². The Labute approximate surface area is 165 Å². The number of nitrogens with one attached hydrogen (secondary N) is 1. The summed E-state index contributed by atoms with van der Waals surface area (Å²) in [5.74, 6) is -1.24. The van der Waals surface area contributed by atoms with Crippen LogP contribution in [0.25, 0.3) is 0 Å². The maximum atomic E-state index is 11.7. The molecule has 0 aromatic heterocycles. The Bertz CT molecular complexity index is 436. The molecule has 1 fully saturated rings. The van der Waals surface area contributed by atoms with Crippen molar-refractivity contribution in [2.75, 3.05) is 0 Å². The van der Waals surface area contributed by atoms with E-state index in [0.29, 0.717) is 6.42 Å². The highest BCUT2D eigenvalue weighted by Crippen LogP contribution is 2.14. The highest BCUT2D eigenvalue weighted by atomic mass is 16.5. The number of carbonyl (C=O) groups excluding carboxylic acids is 3. The number of imide groups is 1. The van der Waals surface area contributed by atoms with Crippen LogP contribution >= 0.6 is 0 Å². The van der Waals surface area contributed by atoms with Crippen LogP contribution in [0.15, 0.2) is 0 Å². The zero-order chi connectivity index (χ0) is 19.7. The first-order valence-corrected chi connectivity index (χ1v) is 11.2. The van der Waals surface area contributed by atoms with Gasteiger partial charge in [-0.15, -0.1) is 0 Å². The van der Waals surface area contributed by atoms with E-state index in [1.54, 1.807) is 0 Å². The minimum Gasteiger partial charge on any atom is -0.452 e. The lowest BCUT2D eigenvalue weighted by Gasteiger charge is -2.08. The molecule has 0 spiro atoms. The van der Waals surface area contributed by atoms with E-state index in [9.17, 15) is 14.4 Å². The third-order valence-corrected chi connectivity index (χ3v) is 5.18. The third kappa shape index (κ3) is 12.6. The first-order chi connectivity index (χ1) is 13.1. The lowest BCUT2D eigenvalue weighted by atomic mass is 10.0. The van der Waals surface area contributed by atoms with Gasteiger partial charge in [0.05, 0.1) is 6.42 Å². The molecule has 156 valence electrons. The number of carbonyl (C=O) groups is 3. The normalized spacial score (nSPS) is 16.6. The van der Waals surface area contributed by atoms with Crippen molar-refractivity contribution < 1.29 is 19.1 Å². The fourth-order valence-electron chi connectivity index (χ4n) is 3.48. The molecule has 0 saturated carbocycles. The van der Waals surface area contributed by atoms with Gasteiger partial charge in [-0.3, -0.25) is 19.7 Å². The van der Waals surface area contributed by atoms with Gasteiger partial charge in [0, 0.05) is 6.42 Å². The minimum atomic E-state index is -0.915. The molecule has 1 N–H and O–H groups in total. The second kappa shape index (κ2) is 15.6. The van der Waals surface area contributed by atoms with E-state index in [4.69, 9.17) is 4.74 Å². The number of hydrogen-bond acceptors (Lipinski definition) is 4. The van der Waals surface area contributed by atoms with Crippen molar-refractivity contribution in [3.8, 4) is 0 Å². The summed E-state index contributed by atoms with van der Waals surface area (Å²) in [5.41, 5.74) is 0. The number of rotatable bonds is 17. The van der Waals surface area contributed by atoms with Gasteiger partial charge in [0.15, 0.2) is 6.10 Å². The van der Waals surface area contributed by atoms with Crippen molar-refractivity contribution in [1.29, 1.82) is 0 Å².